The van der Waals surface area contributed by atoms with Crippen LogP contribution in [0.1, 0.15) is 44.1 Å². The van der Waals surface area contributed by atoms with Gasteiger partial charge in [-0.2, -0.15) is 10.1 Å². The summed E-state index contributed by atoms with van der Waals surface area (Å²) in [5.41, 5.74) is 4.02. The second kappa shape index (κ2) is 12.4. The minimum atomic E-state index is -0.105. The molecule has 42 heavy (non-hydrogen) atoms. The summed E-state index contributed by atoms with van der Waals surface area (Å²) in [6.45, 7) is 0.464. The highest BCUT2D eigenvalue weighted by Crippen LogP contribution is 2.32. The Morgan fingerprint density at radius 2 is 1.69 bits per heavy atom. The van der Waals surface area contributed by atoms with Crippen LogP contribution in [0, 0.1) is 5.92 Å². The monoisotopic (exact) mass is 564 g/mol. The number of rotatable bonds is 9. The first kappa shape index (κ1) is 27.4. The Morgan fingerprint density at radius 3 is 2.38 bits per heavy atom. The van der Waals surface area contributed by atoms with Crippen molar-refractivity contribution in [2.45, 2.75) is 57.2 Å². The van der Waals surface area contributed by atoms with Crippen LogP contribution in [0.15, 0.2) is 79.3 Å². The van der Waals surface area contributed by atoms with E-state index in [1.54, 1.807) is 16.9 Å². The maximum absolute atomic E-state index is 13.7. The molecule has 4 aromatic rings. The van der Waals surface area contributed by atoms with Crippen LogP contribution in [-0.4, -0.2) is 43.8 Å². The van der Waals surface area contributed by atoms with Crippen molar-refractivity contribution in [2.24, 2.45) is 13.0 Å². The highest BCUT2D eigenvalue weighted by atomic mass is 16.2. The first-order valence-electron chi connectivity index (χ1n) is 14.6. The molecule has 2 heterocycles. The van der Waals surface area contributed by atoms with E-state index in [1.165, 1.54) is 0 Å². The normalized spacial score (nSPS) is 18.2. The van der Waals surface area contributed by atoms with Gasteiger partial charge < -0.3 is 16.0 Å². The van der Waals surface area contributed by atoms with E-state index < -0.39 is 0 Å². The van der Waals surface area contributed by atoms with Gasteiger partial charge in [-0.1, -0.05) is 42.5 Å². The highest BCUT2D eigenvalue weighted by Gasteiger charge is 2.31. The minimum Gasteiger partial charge on any atom is -0.351 e. The average molecular weight is 565 g/mol. The standard InChI is InChI=1S/C32H36N8O2/c1-39-21-25(20-35-39)23-9-13-27(14-10-23)40(32(42)34-19-22-5-3-2-4-6-22)28-15-11-26(12-16-28)36-31-33-18-17-29(38-31)37-30(41)24-7-8-24/h2-6,9-10,13-14,17-18,20-21,24,26,28H,7-8,11-12,15-16,19H2,1H3,(H,34,42)(H2,33,36,37,38,41)/t26-,28-. The van der Waals surface area contributed by atoms with E-state index >= 15 is 0 Å². The van der Waals surface area contributed by atoms with Gasteiger partial charge in [0.15, 0.2) is 0 Å². The molecule has 0 spiro atoms. The van der Waals surface area contributed by atoms with E-state index in [0.29, 0.717) is 18.3 Å². The number of nitrogens with zero attached hydrogens (tertiary/aromatic N) is 5. The fourth-order valence-electron chi connectivity index (χ4n) is 5.47. The lowest BCUT2D eigenvalue weighted by Gasteiger charge is -2.37. The van der Waals surface area contributed by atoms with Crippen LogP contribution in [0.25, 0.3) is 11.1 Å². The smallest absolute Gasteiger partial charge is 0.322 e. The molecule has 6 rings (SSSR count). The lowest BCUT2D eigenvalue weighted by atomic mass is 9.90. The Balaban J connectivity index is 1.12. The number of carbonyl (C=O) groups excluding carboxylic acids is 2. The van der Waals surface area contributed by atoms with Gasteiger partial charge in [0, 0.05) is 55.2 Å². The molecular weight excluding hydrogens is 528 g/mol. The molecule has 3 amide bonds. The number of benzene rings is 2. The molecule has 0 bridgehead atoms. The highest BCUT2D eigenvalue weighted by molar-refractivity contribution is 5.93. The number of anilines is 3. The molecule has 10 heteroatoms. The summed E-state index contributed by atoms with van der Waals surface area (Å²) in [6, 6.07) is 19.9. The Labute approximate surface area is 245 Å². The Morgan fingerprint density at radius 1 is 0.929 bits per heavy atom. The van der Waals surface area contributed by atoms with Gasteiger partial charge in [0.25, 0.3) is 0 Å². The maximum Gasteiger partial charge on any atom is 0.322 e. The van der Waals surface area contributed by atoms with E-state index in [0.717, 1.165) is 60.9 Å². The molecule has 2 fully saturated rings. The third-order valence-corrected chi connectivity index (χ3v) is 7.94. The predicted molar refractivity (Wildman–Crippen MR) is 163 cm³/mol. The van der Waals surface area contributed by atoms with Gasteiger partial charge in [-0.05, 0) is 67.9 Å². The van der Waals surface area contributed by atoms with Gasteiger partial charge in [-0.15, -0.1) is 0 Å². The second-order valence-electron chi connectivity index (χ2n) is 11.1. The zero-order valence-corrected chi connectivity index (χ0v) is 23.7. The van der Waals surface area contributed by atoms with Gasteiger partial charge in [-0.25, -0.2) is 9.78 Å². The fourth-order valence-corrected chi connectivity index (χ4v) is 5.47. The molecule has 2 aromatic heterocycles. The fraction of sp³-hybridized carbons (Fsp3) is 0.344. The molecule has 10 nitrogen and oxygen atoms in total. The molecule has 0 unspecified atom stereocenters. The third-order valence-electron chi connectivity index (χ3n) is 7.94. The van der Waals surface area contributed by atoms with Gasteiger partial charge in [0.05, 0.1) is 6.20 Å². The summed E-state index contributed by atoms with van der Waals surface area (Å²) in [6.07, 6.45) is 10.8. The van der Waals surface area contributed by atoms with Gasteiger partial charge in [-0.3, -0.25) is 14.4 Å². The molecule has 0 aliphatic heterocycles. The lowest BCUT2D eigenvalue weighted by molar-refractivity contribution is -0.117. The largest absolute Gasteiger partial charge is 0.351 e. The van der Waals surface area contributed by atoms with Crippen LogP contribution in [-0.2, 0) is 18.4 Å². The van der Waals surface area contributed by atoms with Crippen molar-refractivity contribution in [1.29, 1.82) is 0 Å². The SMILES string of the molecule is Cn1cc(-c2ccc(N(C(=O)NCc3ccccc3)[C@H]3CC[C@H](Nc4nccc(NC(=O)C5CC5)n4)CC3)cc2)cn1. The van der Waals surface area contributed by atoms with Crippen molar-refractivity contribution < 1.29 is 9.59 Å². The number of amides is 3. The summed E-state index contributed by atoms with van der Waals surface area (Å²) in [7, 11) is 1.90. The van der Waals surface area contributed by atoms with E-state index in [-0.39, 0.29) is 29.9 Å². The van der Waals surface area contributed by atoms with Crippen LogP contribution < -0.4 is 20.9 Å². The molecule has 0 atom stereocenters. The molecule has 0 radical (unpaired) electrons. The van der Waals surface area contributed by atoms with Crippen molar-refractivity contribution in [3.63, 3.8) is 0 Å². The number of hydrogen-bond acceptors (Lipinski definition) is 6. The zero-order chi connectivity index (χ0) is 28.9. The molecule has 2 aromatic carbocycles. The third kappa shape index (κ3) is 6.76. The molecular formula is C32H36N8O2. The molecule has 0 saturated heterocycles. The Bertz CT molecular complexity index is 1510. The number of aromatic nitrogens is 4. The number of nitrogens with one attached hydrogen (secondary N) is 3. The summed E-state index contributed by atoms with van der Waals surface area (Å²) >= 11 is 0. The molecule has 2 aliphatic rings. The molecule has 216 valence electrons. The number of aryl methyl sites for hydroxylation is 1. The van der Waals surface area contributed by atoms with Crippen LogP contribution in [0.2, 0.25) is 0 Å². The average Bonchev–Trinajstić information content (AvgIpc) is 3.78. The lowest BCUT2D eigenvalue weighted by Crippen LogP contribution is -2.48. The van der Waals surface area contributed by atoms with Crippen molar-refractivity contribution in [3.05, 3.63) is 84.8 Å². The molecule has 2 aliphatic carbocycles. The van der Waals surface area contributed by atoms with E-state index in [9.17, 15) is 9.59 Å². The predicted octanol–water partition coefficient (Wildman–Crippen LogP) is 5.37. The first-order chi connectivity index (χ1) is 20.5. The summed E-state index contributed by atoms with van der Waals surface area (Å²) in [5.74, 6) is 1.18. The van der Waals surface area contributed by atoms with E-state index in [2.05, 4.69) is 31.0 Å². The van der Waals surface area contributed by atoms with E-state index in [1.807, 2.05) is 78.9 Å². The van der Waals surface area contributed by atoms with Gasteiger partial charge in [0.1, 0.15) is 5.82 Å². The molecule has 2 saturated carbocycles. The quantitative estimate of drug-likeness (QED) is 0.252. The minimum absolute atomic E-state index is 0.0271. The van der Waals surface area contributed by atoms with Crippen molar-refractivity contribution >= 4 is 29.4 Å². The van der Waals surface area contributed by atoms with Crippen LogP contribution in [0.4, 0.5) is 22.2 Å². The van der Waals surface area contributed by atoms with Crippen LogP contribution in [0.3, 0.4) is 0 Å². The summed E-state index contributed by atoms with van der Waals surface area (Å²) in [4.78, 5) is 36.6. The zero-order valence-electron chi connectivity index (χ0n) is 23.7. The Kier molecular flexibility index (Phi) is 8.12. The summed E-state index contributed by atoms with van der Waals surface area (Å²) in [5, 5.41) is 13.7. The second-order valence-corrected chi connectivity index (χ2v) is 11.1. The number of urea groups is 1. The van der Waals surface area contributed by atoms with Crippen LogP contribution in [0.5, 0.6) is 0 Å². The maximum atomic E-state index is 13.7. The van der Waals surface area contributed by atoms with Crippen molar-refractivity contribution in [3.8, 4) is 11.1 Å². The number of hydrogen-bond donors (Lipinski definition) is 3. The Hall–Kier alpha value is -4.73. The topological polar surface area (TPSA) is 117 Å². The summed E-state index contributed by atoms with van der Waals surface area (Å²) < 4.78 is 1.78. The van der Waals surface area contributed by atoms with E-state index in [4.69, 9.17) is 0 Å². The van der Waals surface area contributed by atoms with Crippen molar-refractivity contribution in [1.82, 2.24) is 25.1 Å². The van der Waals surface area contributed by atoms with Gasteiger partial charge >= 0.3 is 6.03 Å². The van der Waals surface area contributed by atoms with Gasteiger partial charge in [0.2, 0.25) is 11.9 Å². The number of carbonyl (C=O) groups is 2. The first-order valence-corrected chi connectivity index (χ1v) is 14.6. The molecule has 3 N–H and O–H groups in total. The van der Waals surface area contributed by atoms with Crippen LogP contribution >= 0.6 is 0 Å². The van der Waals surface area contributed by atoms with Crippen molar-refractivity contribution in [2.75, 3.05) is 15.5 Å².